The molecule has 2 aliphatic carbocycles. The maximum atomic E-state index is 11.3. The number of fused-ring (bicyclic) bond motifs is 2. The predicted octanol–water partition coefficient (Wildman–Crippen LogP) is 0.766. The van der Waals surface area contributed by atoms with Crippen LogP contribution in [0.1, 0.15) is 31.8 Å². The van der Waals surface area contributed by atoms with Crippen LogP contribution in [0.5, 0.6) is 0 Å². The Labute approximate surface area is 168 Å². The van der Waals surface area contributed by atoms with E-state index in [0.29, 0.717) is 22.3 Å². The molecule has 132 valence electrons. The van der Waals surface area contributed by atoms with Crippen LogP contribution in [-0.4, -0.2) is 42.9 Å². The van der Waals surface area contributed by atoms with E-state index >= 15 is 0 Å². The molecule has 0 radical (unpaired) electrons. The Hall–Kier alpha value is -3.09. The summed E-state index contributed by atoms with van der Waals surface area (Å²) in [6.45, 7) is 0. The van der Waals surface area contributed by atoms with Crippen molar-refractivity contribution in [2.45, 2.75) is 0 Å². The zero-order chi connectivity index (χ0) is 18.8. The van der Waals surface area contributed by atoms with Crippen LogP contribution in [0.3, 0.4) is 0 Å². The molecule has 0 spiro atoms. The Morgan fingerprint density at radius 1 is 0.593 bits per heavy atom. The van der Waals surface area contributed by atoms with E-state index in [1.54, 1.807) is 48.5 Å². The second kappa shape index (κ2) is 8.08. The van der Waals surface area contributed by atoms with E-state index in [0.717, 1.165) is 12.2 Å². The first-order valence-electron chi connectivity index (χ1n) is 7.66. The second-order valence-electron chi connectivity index (χ2n) is 5.63. The molecule has 0 bridgehead atoms. The van der Waals surface area contributed by atoms with Crippen LogP contribution in [0.15, 0.2) is 72.2 Å². The molecular formula is C20H16O6Ti+4. The molecule has 2 aromatic carbocycles. The monoisotopic (exact) mass is 400 g/mol. The van der Waals surface area contributed by atoms with Crippen molar-refractivity contribution in [3.05, 3.63) is 94.5 Å². The van der Waals surface area contributed by atoms with Crippen molar-refractivity contribution < 1.29 is 51.1 Å². The fourth-order valence-electron chi connectivity index (χ4n) is 2.65. The summed E-state index contributed by atoms with van der Waals surface area (Å²) in [7, 11) is 0. The number of carbonyl (C=O) groups is 2. The van der Waals surface area contributed by atoms with Crippen LogP contribution >= 0.6 is 0 Å². The number of carbonyl (C=O) groups excluding carboxylic acids is 4. The molecule has 4 rings (SSSR count). The Kier molecular flexibility index (Phi) is 6.05. The summed E-state index contributed by atoms with van der Waals surface area (Å²) in [5.74, 6) is -0.949. The average molecular weight is 400 g/mol. The molecule has 0 amide bonds. The van der Waals surface area contributed by atoms with Crippen LogP contribution in [0.4, 0.5) is 0 Å². The van der Waals surface area contributed by atoms with E-state index in [9.17, 15) is 19.2 Å². The summed E-state index contributed by atoms with van der Waals surface area (Å²) in [4.78, 5) is 41.6. The number of hydrogen-bond donors (Lipinski definition) is 0. The zero-order valence-corrected chi connectivity index (χ0v) is 15.5. The standard InChI is InChI=1S/2C10H6O3.Ti/c2*11-8-5-9(12)10(13)7-4-2-1-3-6(7)8;/h2*1-5,12H;/p+4. The van der Waals surface area contributed by atoms with Gasteiger partial charge in [-0.05, 0) is 12.1 Å². The van der Waals surface area contributed by atoms with Crippen LogP contribution in [0.2, 0.25) is 0 Å². The van der Waals surface area contributed by atoms with Gasteiger partial charge < -0.3 is 10.2 Å². The minimum absolute atomic E-state index is 0. The molecule has 2 aromatic rings. The molecule has 0 saturated carbocycles. The van der Waals surface area contributed by atoms with Gasteiger partial charge in [0.25, 0.3) is 0 Å². The van der Waals surface area contributed by atoms with Crippen molar-refractivity contribution in [2.75, 3.05) is 0 Å². The number of rotatable bonds is 0. The molecule has 0 heterocycles. The number of benzene rings is 2. The maximum absolute atomic E-state index is 11.3. The quantitative estimate of drug-likeness (QED) is 0.479. The van der Waals surface area contributed by atoms with Gasteiger partial charge in [0.2, 0.25) is 0 Å². The van der Waals surface area contributed by atoms with Crippen molar-refractivity contribution in [3.63, 3.8) is 0 Å². The van der Waals surface area contributed by atoms with Gasteiger partial charge >= 0.3 is 23.1 Å². The first kappa shape index (κ1) is 20.2. The van der Waals surface area contributed by atoms with E-state index in [-0.39, 0.29) is 56.4 Å². The van der Waals surface area contributed by atoms with E-state index < -0.39 is 0 Å². The van der Waals surface area contributed by atoms with Gasteiger partial charge in [-0.25, -0.2) is 0 Å². The van der Waals surface area contributed by atoms with Crippen LogP contribution in [0.25, 0.3) is 0 Å². The fourth-order valence-corrected chi connectivity index (χ4v) is 2.65. The first-order valence-corrected chi connectivity index (χ1v) is 7.66. The summed E-state index contributed by atoms with van der Waals surface area (Å²) in [6.07, 6.45) is 2.25. The van der Waals surface area contributed by atoms with Gasteiger partial charge in [0.15, 0.2) is 11.6 Å². The van der Waals surface area contributed by atoms with Crippen molar-refractivity contribution in [3.8, 4) is 0 Å². The van der Waals surface area contributed by atoms with Gasteiger partial charge in [-0.3, -0.25) is 19.2 Å². The molecule has 6 nitrogen and oxygen atoms in total. The van der Waals surface area contributed by atoms with Crippen molar-refractivity contribution in [2.24, 2.45) is 0 Å². The molecule has 0 saturated heterocycles. The van der Waals surface area contributed by atoms with Gasteiger partial charge in [0.05, 0.1) is 23.3 Å². The first-order chi connectivity index (χ1) is 12.4. The Bertz CT molecular complexity index is 949. The molecule has 0 unspecified atom stereocenters. The summed E-state index contributed by atoms with van der Waals surface area (Å²) in [5, 5.41) is 14.6. The summed E-state index contributed by atoms with van der Waals surface area (Å²) < 4.78 is 0. The topological polar surface area (TPSA) is 123 Å². The number of hydrogen-bond acceptors (Lipinski definition) is 2. The molecule has 27 heavy (non-hydrogen) atoms. The third-order valence-electron chi connectivity index (χ3n) is 3.96. The van der Waals surface area contributed by atoms with Crippen LogP contribution in [0, 0.1) is 0 Å². The summed E-state index contributed by atoms with van der Waals surface area (Å²) in [6, 6.07) is 13.4. The fraction of sp³-hybridized carbons (Fsp3) is 0. The molecule has 0 fully saturated rings. The maximum Gasteiger partial charge on any atom is 0.441 e. The average Bonchev–Trinajstić information content (AvgIpc) is 2.65. The van der Waals surface area contributed by atoms with Gasteiger partial charge in [0, 0.05) is 32.8 Å². The van der Waals surface area contributed by atoms with E-state index in [1.165, 1.54) is 0 Å². The van der Waals surface area contributed by atoms with Crippen molar-refractivity contribution >= 4 is 23.1 Å². The largest absolute Gasteiger partial charge is 0.587 e. The zero-order valence-electron chi connectivity index (χ0n) is 14.0. The Morgan fingerprint density at radius 3 is 1.22 bits per heavy atom. The van der Waals surface area contributed by atoms with Gasteiger partial charge in [0.1, 0.15) is 0 Å². The van der Waals surface area contributed by atoms with E-state index in [1.807, 2.05) is 0 Å². The van der Waals surface area contributed by atoms with E-state index in [4.69, 9.17) is 10.2 Å². The van der Waals surface area contributed by atoms with Crippen LogP contribution < -0.4 is 0 Å². The Balaban J connectivity index is 0.000000187. The van der Waals surface area contributed by atoms with Crippen molar-refractivity contribution in [1.29, 1.82) is 0 Å². The third kappa shape index (κ3) is 3.87. The molecular weight excluding hydrogens is 384 g/mol. The summed E-state index contributed by atoms with van der Waals surface area (Å²) >= 11 is 0. The second-order valence-corrected chi connectivity index (χ2v) is 5.63. The molecule has 6 N–H and O–H groups in total. The minimum Gasteiger partial charge on any atom is -0.587 e. The van der Waals surface area contributed by atoms with Gasteiger partial charge in [-0.1, -0.05) is 36.4 Å². The molecule has 0 aromatic heterocycles. The normalized spacial score (nSPS) is 14.7. The third-order valence-corrected chi connectivity index (χ3v) is 3.96. The van der Waals surface area contributed by atoms with Gasteiger partial charge in [-0.15, -0.1) is 0 Å². The summed E-state index contributed by atoms with van der Waals surface area (Å²) in [5.41, 5.74) is 1.80. The minimum atomic E-state index is -0.224. The number of ketones is 4. The van der Waals surface area contributed by atoms with Crippen LogP contribution in [-0.2, 0) is 21.7 Å². The molecule has 7 heteroatoms. The van der Waals surface area contributed by atoms with Gasteiger partial charge in [-0.2, -0.15) is 0 Å². The molecule has 0 atom stereocenters. The SMILES string of the molecule is O=C1C=C([OH2+])C(=[OH+])c2ccccc21.O=C1C=C([OH2+])C(=[OH+])c2ccccc21.[Ti]. The Morgan fingerprint density at radius 2 is 0.889 bits per heavy atom. The molecule has 2 aliphatic rings. The smallest absolute Gasteiger partial charge is 0.441 e. The van der Waals surface area contributed by atoms with E-state index in [2.05, 4.69) is 0 Å². The molecule has 0 aliphatic heterocycles. The predicted molar refractivity (Wildman–Crippen MR) is 97.0 cm³/mol. The van der Waals surface area contributed by atoms with Crippen molar-refractivity contribution in [1.82, 2.24) is 0 Å². The number of allylic oxidation sites excluding steroid dienone is 4.